The van der Waals surface area contributed by atoms with Crippen LogP contribution in [0.5, 0.6) is 0 Å². The standard InChI is InChI=1S/C11H15NOS2/c1-3-12(8(2)13)10-5-7-15-11-9(10)4-6-14-11/h4,6,10H,3,5,7H2,1-2H3. The van der Waals surface area contributed by atoms with Crippen molar-refractivity contribution in [2.45, 2.75) is 30.5 Å². The van der Waals surface area contributed by atoms with Crippen LogP contribution in [0, 0.1) is 0 Å². The molecule has 1 aliphatic heterocycles. The van der Waals surface area contributed by atoms with Gasteiger partial charge in [-0.1, -0.05) is 0 Å². The molecule has 1 aromatic rings. The number of carbonyl (C=O) groups excluding carboxylic acids is 1. The average molecular weight is 241 g/mol. The summed E-state index contributed by atoms with van der Waals surface area (Å²) >= 11 is 3.71. The van der Waals surface area contributed by atoms with Crippen molar-refractivity contribution in [3.8, 4) is 0 Å². The second kappa shape index (κ2) is 4.58. The molecule has 82 valence electrons. The van der Waals surface area contributed by atoms with Gasteiger partial charge in [0.25, 0.3) is 0 Å². The molecule has 1 atom stereocenters. The molecule has 2 heterocycles. The van der Waals surface area contributed by atoms with Crippen LogP contribution < -0.4 is 0 Å². The van der Waals surface area contributed by atoms with Gasteiger partial charge in [-0.3, -0.25) is 4.79 Å². The molecule has 4 heteroatoms. The van der Waals surface area contributed by atoms with Gasteiger partial charge in [0.15, 0.2) is 0 Å². The molecular formula is C11H15NOS2. The predicted molar refractivity (Wildman–Crippen MR) is 65.5 cm³/mol. The molecule has 0 aliphatic carbocycles. The Kier molecular flexibility index (Phi) is 3.36. The molecule has 0 spiro atoms. The third kappa shape index (κ3) is 2.06. The van der Waals surface area contributed by atoms with Crippen molar-refractivity contribution in [3.63, 3.8) is 0 Å². The Labute approximate surface area is 98.7 Å². The van der Waals surface area contributed by atoms with Gasteiger partial charge < -0.3 is 4.90 Å². The molecule has 0 fully saturated rings. The van der Waals surface area contributed by atoms with E-state index in [1.807, 2.05) is 16.7 Å². The van der Waals surface area contributed by atoms with E-state index < -0.39 is 0 Å². The number of hydrogen-bond acceptors (Lipinski definition) is 3. The first-order valence-electron chi connectivity index (χ1n) is 5.21. The molecule has 1 unspecified atom stereocenters. The van der Waals surface area contributed by atoms with Gasteiger partial charge in [0, 0.05) is 19.2 Å². The molecule has 0 radical (unpaired) electrons. The van der Waals surface area contributed by atoms with Crippen molar-refractivity contribution < 1.29 is 4.79 Å². The molecule has 1 aromatic heterocycles. The Hall–Kier alpha value is -0.480. The first-order chi connectivity index (χ1) is 7.24. The summed E-state index contributed by atoms with van der Waals surface area (Å²) in [5.41, 5.74) is 1.35. The molecule has 0 aromatic carbocycles. The fraction of sp³-hybridized carbons (Fsp3) is 0.545. The van der Waals surface area contributed by atoms with Crippen molar-refractivity contribution in [1.29, 1.82) is 0 Å². The normalized spacial score (nSPS) is 19.7. The highest BCUT2D eigenvalue weighted by Crippen LogP contribution is 2.42. The maximum absolute atomic E-state index is 11.5. The van der Waals surface area contributed by atoms with Gasteiger partial charge in [-0.15, -0.1) is 23.1 Å². The maximum atomic E-state index is 11.5. The van der Waals surface area contributed by atoms with Gasteiger partial charge >= 0.3 is 0 Å². The van der Waals surface area contributed by atoms with E-state index in [1.165, 1.54) is 9.77 Å². The van der Waals surface area contributed by atoms with Crippen LogP contribution in [0.1, 0.15) is 31.9 Å². The Bertz CT molecular complexity index is 361. The van der Waals surface area contributed by atoms with Gasteiger partial charge in [-0.25, -0.2) is 0 Å². The minimum absolute atomic E-state index is 0.187. The quantitative estimate of drug-likeness (QED) is 0.792. The first kappa shape index (κ1) is 11.0. The van der Waals surface area contributed by atoms with Gasteiger partial charge in [-0.05, 0) is 30.4 Å². The lowest BCUT2D eigenvalue weighted by molar-refractivity contribution is -0.131. The summed E-state index contributed by atoms with van der Waals surface area (Å²) in [5, 5.41) is 2.13. The zero-order chi connectivity index (χ0) is 10.8. The third-order valence-corrected chi connectivity index (χ3v) is 5.07. The van der Waals surface area contributed by atoms with Crippen molar-refractivity contribution in [2.75, 3.05) is 12.3 Å². The molecule has 0 saturated heterocycles. The number of thioether (sulfide) groups is 1. The van der Waals surface area contributed by atoms with E-state index in [0.717, 1.165) is 18.7 Å². The summed E-state index contributed by atoms with van der Waals surface area (Å²) in [7, 11) is 0. The number of carbonyl (C=O) groups is 1. The number of rotatable bonds is 2. The summed E-state index contributed by atoms with van der Waals surface area (Å²) in [6.45, 7) is 4.52. The fourth-order valence-electron chi connectivity index (χ4n) is 2.07. The monoisotopic (exact) mass is 241 g/mol. The second-order valence-electron chi connectivity index (χ2n) is 3.62. The van der Waals surface area contributed by atoms with Crippen LogP contribution in [0.2, 0.25) is 0 Å². The van der Waals surface area contributed by atoms with Crippen molar-refractivity contribution in [2.24, 2.45) is 0 Å². The Morgan fingerprint density at radius 1 is 1.67 bits per heavy atom. The van der Waals surface area contributed by atoms with Crippen LogP contribution >= 0.6 is 23.1 Å². The van der Waals surface area contributed by atoms with Crippen LogP contribution in [0.4, 0.5) is 0 Å². The topological polar surface area (TPSA) is 20.3 Å². The Balaban J connectivity index is 2.28. The lowest BCUT2D eigenvalue weighted by Crippen LogP contribution is -2.34. The lowest BCUT2D eigenvalue weighted by Gasteiger charge is -2.32. The predicted octanol–water partition coefficient (Wildman–Crippen LogP) is 3.15. The van der Waals surface area contributed by atoms with E-state index in [0.29, 0.717) is 6.04 Å². The van der Waals surface area contributed by atoms with E-state index >= 15 is 0 Å². The minimum atomic E-state index is 0.187. The molecule has 0 saturated carbocycles. The average Bonchev–Trinajstić information content (AvgIpc) is 2.66. The number of hydrogen-bond donors (Lipinski definition) is 0. The summed E-state index contributed by atoms with van der Waals surface area (Å²) in [6, 6.07) is 2.48. The molecule has 15 heavy (non-hydrogen) atoms. The summed E-state index contributed by atoms with van der Waals surface area (Å²) in [5.74, 6) is 1.31. The van der Waals surface area contributed by atoms with Gasteiger partial charge in [0.05, 0.1) is 10.3 Å². The van der Waals surface area contributed by atoms with Crippen molar-refractivity contribution >= 4 is 29.0 Å². The molecule has 2 nitrogen and oxygen atoms in total. The fourth-order valence-corrected chi connectivity index (χ4v) is 4.34. The van der Waals surface area contributed by atoms with Gasteiger partial charge in [0.2, 0.25) is 5.91 Å². The first-order valence-corrected chi connectivity index (χ1v) is 7.08. The highest BCUT2D eigenvalue weighted by Gasteiger charge is 2.27. The Morgan fingerprint density at radius 3 is 3.13 bits per heavy atom. The third-order valence-electron chi connectivity index (χ3n) is 2.76. The van der Waals surface area contributed by atoms with Crippen molar-refractivity contribution in [3.05, 3.63) is 17.0 Å². The maximum Gasteiger partial charge on any atom is 0.219 e. The molecule has 1 amide bonds. The van der Waals surface area contributed by atoms with Crippen LogP contribution in [0.15, 0.2) is 15.7 Å². The van der Waals surface area contributed by atoms with Gasteiger partial charge in [0.1, 0.15) is 0 Å². The number of nitrogens with zero attached hydrogens (tertiary/aromatic N) is 1. The van der Waals surface area contributed by atoms with Crippen LogP contribution in [-0.2, 0) is 4.79 Å². The number of amides is 1. The molecule has 1 aliphatic rings. The Morgan fingerprint density at radius 2 is 2.47 bits per heavy atom. The zero-order valence-electron chi connectivity index (χ0n) is 9.03. The smallest absolute Gasteiger partial charge is 0.219 e. The summed E-state index contributed by atoms with van der Waals surface area (Å²) < 4.78 is 1.39. The zero-order valence-corrected chi connectivity index (χ0v) is 10.7. The highest BCUT2D eigenvalue weighted by atomic mass is 32.2. The minimum Gasteiger partial charge on any atom is -0.336 e. The lowest BCUT2D eigenvalue weighted by atomic mass is 10.1. The van der Waals surface area contributed by atoms with E-state index in [2.05, 4.69) is 18.4 Å². The molecule has 2 rings (SSSR count). The van der Waals surface area contributed by atoms with Crippen LogP contribution in [-0.4, -0.2) is 23.1 Å². The number of fused-ring (bicyclic) bond motifs is 1. The molecule has 0 bridgehead atoms. The largest absolute Gasteiger partial charge is 0.336 e. The van der Waals surface area contributed by atoms with E-state index in [4.69, 9.17) is 0 Å². The highest BCUT2D eigenvalue weighted by molar-refractivity contribution is 8.01. The molecule has 0 N–H and O–H groups in total. The van der Waals surface area contributed by atoms with Crippen LogP contribution in [0.3, 0.4) is 0 Å². The van der Waals surface area contributed by atoms with Crippen molar-refractivity contribution in [1.82, 2.24) is 4.90 Å². The summed E-state index contributed by atoms with van der Waals surface area (Å²) in [4.78, 5) is 13.5. The van der Waals surface area contributed by atoms with E-state index in [-0.39, 0.29) is 5.91 Å². The van der Waals surface area contributed by atoms with Gasteiger partial charge in [-0.2, -0.15) is 0 Å². The second-order valence-corrected chi connectivity index (χ2v) is 5.90. The van der Waals surface area contributed by atoms with Crippen LogP contribution in [0.25, 0.3) is 0 Å². The SMILES string of the molecule is CCN(C(C)=O)C1CCSc2sccc21. The molecular weight excluding hydrogens is 226 g/mol. The number of thiophene rings is 1. The summed E-state index contributed by atoms with van der Waals surface area (Å²) in [6.07, 6.45) is 1.09. The van der Waals surface area contributed by atoms with E-state index in [1.54, 1.807) is 18.3 Å². The van der Waals surface area contributed by atoms with E-state index in [9.17, 15) is 4.79 Å².